The molecule has 3 N–H and O–H groups in total. The maximum atomic E-state index is 9.69. The Labute approximate surface area is 77.0 Å². The maximum Gasteiger partial charge on any atom is 0.103 e. The zero-order valence-corrected chi connectivity index (χ0v) is 8.27. The number of aryl methyl sites for hydroxylation is 1. The second-order valence-electron chi connectivity index (χ2n) is 3.04. The van der Waals surface area contributed by atoms with Crippen LogP contribution in [0.4, 0.5) is 0 Å². The molecule has 2 nitrogen and oxygen atoms in total. The van der Waals surface area contributed by atoms with Crippen molar-refractivity contribution in [3.8, 4) is 0 Å². The molecule has 0 fully saturated rings. The molecule has 0 spiro atoms. The summed E-state index contributed by atoms with van der Waals surface area (Å²) < 4.78 is 0. The molecular formula is C9H15NOS. The summed E-state index contributed by atoms with van der Waals surface area (Å²) in [7, 11) is 0. The summed E-state index contributed by atoms with van der Waals surface area (Å²) in [5, 5.41) is 11.7. The minimum atomic E-state index is -0.492. The van der Waals surface area contributed by atoms with Crippen LogP contribution in [0.2, 0.25) is 0 Å². The highest BCUT2D eigenvalue weighted by Crippen LogP contribution is 2.24. The third kappa shape index (κ3) is 2.06. The Hall–Kier alpha value is -0.380. The summed E-state index contributed by atoms with van der Waals surface area (Å²) in [6, 6.07) is 1.85. The Balaban J connectivity index is 2.70. The largest absolute Gasteiger partial charge is 0.386 e. The lowest BCUT2D eigenvalue weighted by atomic mass is 10.1. The average Bonchev–Trinajstić information content (AvgIpc) is 2.49. The van der Waals surface area contributed by atoms with E-state index < -0.39 is 6.10 Å². The molecule has 1 aromatic rings. The van der Waals surface area contributed by atoms with Crippen LogP contribution in [0.5, 0.6) is 0 Å². The predicted octanol–water partition coefficient (Wildman–Crippen LogP) is 1.83. The molecule has 12 heavy (non-hydrogen) atoms. The van der Waals surface area contributed by atoms with Crippen LogP contribution in [-0.4, -0.2) is 11.1 Å². The van der Waals surface area contributed by atoms with Crippen molar-refractivity contribution < 1.29 is 5.11 Å². The highest BCUT2D eigenvalue weighted by atomic mass is 32.1. The van der Waals surface area contributed by atoms with Crippen LogP contribution in [0.25, 0.3) is 0 Å². The summed E-state index contributed by atoms with van der Waals surface area (Å²) in [5.74, 6) is 0. The van der Waals surface area contributed by atoms with Gasteiger partial charge in [-0.2, -0.15) is 0 Å². The number of thiophene rings is 1. The van der Waals surface area contributed by atoms with Gasteiger partial charge in [0.2, 0.25) is 0 Å². The Morgan fingerprint density at radius 1 is 1.67 bits per heavy atom. The number of hydrogen-bond donors (Lipinski definition) is 2. The fourth-order valence-electron chi connectivity index (χ4n) is 1.04. The molecule has 0 saturated heterocycles. The number of hydrogen-bond acceptors (Lipinski definition) is 3. The van der Waals surface area contributed by atoms with E-state index in [1.165, 1.54) is 5.56 Å². The second-order valence-corrected chi connectivity index (χ2v) is 3.99. The lowest BCUT2D eigenvalue weighted by Gasteiger charge is -2.14. The number of nitrogens with two attached hydrogens (primary N) is 1. The fourth-order valence-corrected chi connectivity index (χ4v) is 2.00. The van der Waals surface area contributed by atoms with Crippen molar-refractivity contribution in [3.05, 3.63) is 21.9 Å². The SMILES string of the molecule is CCC(N)C(O)c1cc(C)cs1. The van der Waals surface area contributed by atoms with Gasteiger partial charge in [-0.1, -0.05) is 6.92 Å². The van der Waals surface area contributed by atoms with E-state index in [0.29, 0.717) is 0 Å². The molecule has 1 rings (SSSR count). The van der Waals surface area contributed by atoms with Crippen LogP contribution >= 0.6 is 11.3 Å². The number of rotatable bonds is 3. The Bertz CT molecular complexity index is 246. The van der Waals surface area contributed by atoms with Gasteiger partial charge in [0.25, 0.3) is 0 Å². The topological polar surface area (TPSA) is 46.2 Å². The van der Waals surface area contributed by atoms with Crippen molar-refractivity contribution in [2.75, 3.05) is 0 Å². The number of aliphatic hydroxyl groups excluding tert-OH is 1. The summed E-state index contributed by atoms with van der Waals surface area (Å²) in [4.78, 5) is 0.974. The first-order valence-corrected chi connectivity index (χ1v) is 5.01. The molecule has 0 bridgehead atoms. The molecule has 0 aliphatic carbocycles. The molecule has 0 aliphatic rings. The van der Waals surface area contributed by atoms with Gasteiger partial charge in [0.1, 0.15) is 6.10 Å². The van der Waals surface area contributed by atoms with E-state index in [9.17, 15) is 5.11 Å². The third-order valence-corrected chi connectivity index (χ3v) is 3.04. The minimum Gasteiger partial charge on any atom is -0.386 e. The van der Waals surface area contributed by atoms with Gasteiger partial charge in [-0.05, 0) is 30.4 Å². The normalized spacial score (nSPS) is 16.0. The van der Waals surface area contributed by atoms with Crippen LogP contribution in [0.15, 0.2) is 11.4 Å². The van der Waals surface area contributed by atoms with Crippen LogP contribution in [0, 0.1) is 6.92 Å². The van der Waals surface area contributed by atoms with Crippen molar-refractivity contribution in [1.29, 1.82) is 0 Å². The highest BCUT2D eigenvalue weighted by molar-refractivity contribution is 7.10. The molecule has 0 aromatic carbocycles. The van der Waals surface area contributed by atoms with Crippen molar-refractivity contribution in [2.45, 2.75) is 32.4 Å². The number of aliphatic hydroxyl groups is 1. The Kier molecular flexibility index (Phi) is 3.26. The molecule has 0 radical (unpaired) electrons. The molecule has 1 heterocycles. The van der Waals surface area contributed by atoms with Crippen molar-refractivity contribution in [1.82, 2.24) is 0 Å². The van der Waals surface area contributed by atoms with Gasteiger partial charge in [0.05, 0.1) is 0 Å². The van der Waals surface area contributed by atoms with E-state index in [1.54, 1.807) is 11.3 Å². The van der Waals surface area contributed by atoms with E-state index in [1.807, 2.05) is 25.3 Å². The van der Waals surface area contributed by atoms with E-state index >= 15 is 0 Å². The predicted molar refractivity (Wildman–Crippen MR) is 52.3 cm³/mol. The first-order valence-electron chi connectivity index (χ1n) is 4.13. The smallest absolute Gasteiger partial charge is 0.103 e. The van der Waals surface area contributed by atoms with E-state index in [-0.39, 0.29) is 6.04 Å². The van der Waals surface area contributed by atoms with Gasteiger partial charge in [0.15, 0.2) is 0 Å². The van der Waals surface area contributed by atoms with Crippen LogP contribution in [0.3, 0.4) is 0 Å². The zero-order chi connectivity index (χ0) is 9.14. The van der Waals surface area contributed by atoms with Crippen LogP contribution in [-0.2, 0) is 0 Å². The monoisotopic (exact) mass is 185 g/mol. The molecule has 0 aliphatic heterocycles. The molecule has 3 heteroatoms. The highest BCUT2D eigenvalue weighted by Gasteiger charge is 2.15. The summed E-state index contributed by atoms with van der Waals surface area (Å²) in [5.41, 5.74) is 6.91. The summed E-state index contributed by atoms with van der Waals surface area (Å²) in [6.07, 6.45) is 0.312. The van der Waals surface area contributed by atoms with Gasteiger partial charge in [-0.3, -0.25) is 0 Å². The summed E-state index contributed by atoms with van der Waals surface area (Å²) >= 11 is 1.57. The average molecular weight is 185 g/mol. The van der Waals surface area contributed by atoms with Crippen molar-refractivity contribution in [3.63, 3.8) is 0 Å². The quantitative estimate of drug-likeness (QED) is 0.754. The maximum absolute atomic E-state index is 9.69. The second kappa shape index (κ2) is 4.03. The van der Waals surface area contributed by atoms with Gasteiger partial charge in [-0.15, -0.1) is 11.3 Å². The molecule has 2 atom stereocenters. The lowest BCUT2D eigenvalue weighted by Crippen LogP contribution is -2.26. The van der Waals surface area contributed by atoms with Gasteiger partial charge in [-0.25, -0.2) is 0 Å². The van der Waals surface area contributed by atoms with Gasteiger partial charge < -0.3 is 10.8 Å². The van der Waals surface area contributed by atoms with Crippen LogP contribution in [0.1, 0.15) is 29.9 Å². The Morgan fingerprint density at radius 3 is 2.75 bits per heavy atom. The van der Waals surface area contributed by atoms with E-state index in [2.05, 4.69) is 0 Å². The zero-order valence-electron chi connectivity index (χ0n) is 7.45. The molecule has 1 aromatic heterocycles. The molecule has 2 unspecified atom stereocenters. The first-order chi connectivity index (χ1) is 5.65. The first kappa shape index (κ1) is 9.71. The minimum absolute atomic E-state index is 0.136. The van der Waals surface area contributed by atoms with Crippen LogP contribution < -0.4 is 5.73 Å². The van der Waals surface area contributed by atoms with Gasteiger partial charge in [0, 0.05) is 10.9 Å². The molecular weight excluding hydrogens is 170 g/mol. The Morgan fingerprint density at radius 2 is 2.33 bits per heavy atom. The molecule has 0 amide bonds. The van der Waals surface area contributed by atoms with Crippen molar-refractivity contribution in [2.24, 2.45) is 5.73 Å². The lowest BCUT2D eigenvalue weighted by molar-refractivity contribution is 0.148. The van der Waals surface area contributed by atoms with E-state index in [4.69, 9.17) is 5.73 Å². The van der Waals surface area contributed by atoms with E-state index in [0.717, 1.165) is 11.3 Å². The molecule has 68 valence electrons. The van der Waals surface area contributed by atoms with Gasteiger partial charge >= 0.3 is 0 Å². The molecule has 0 saturated carbocycles. The summed E-state index contributed by atoms with van der Waals surface area (Å²) in [6.45, 7) is 4.00. The fraction of sp³-hybridized carbons (Fsp3) is 0.556. The standard InChI is InChI=1S/C9H15NOS/c1-3-7(10)9(11)8-4-6(2)5-12-8/h4-5,7,9,11H,3,10H2,1-2H3. The van der Waals surface area contributed by atoms with Crippen molar-refractivity contribution >= 4 is 11.3 Å². The third-order valence-electron chi connectivity index (χ3n) is 1.92.